The van der Waals surface area contributed by atoms with Crippen molar-refractivity contribution in [3.05, 3.63) is 23.3 Å². The van der Waals surface area contributed by atoms with Crippen molar-refractivity contribution in [2.45, 2.75) is 65.2 Å². The van der Waals surface area contributed by atoms with Gasteiger partial charge in [0.15, 0.2) is 0 Å². The maximum atomic E-state index is 11.4. The number of aromatic hydroxyl groups is 1. The van der Waals surface area contributed by atoms with Crippen molar-refractivity contribution < 1.29 is 14.7 Å². The Kier molecular flexibility index (Phi) is 5.39. The molecule has 0 saturated heterocycles. The summed E-state index contributed by atoms with van der Waals surface area (Å²) in [6.45, 7) is 12.3. The van der Waals surface area contributed by atoms with Crippen LogP contribution in [0.2, 0.25) is 0 Å². The van der Waals surface area contributed by atoms with Gasteiger partial charge in [-0.05, 0) is 35.8 Å². The number of phenolic OH excluding ortho intramolecular Hbond substituents is 1. The van der Waals surface area contributed by atoms with Crippen molar-refractivity contribution in [2.75, 3.05) is 5.32 Å². The van der Waals surface area contributed by atoms with E-state index in [1.54, 1.807) is 12.1 Å². The van der Waals surface area contributed by atoms with Crippen LogP contribution in [0.4, 0.5) is 5.69 Å². The number of anilines is 1. The fraction of sp³-hybridized carbons (Fsp3) is 0.556. The third-order valence-electron chi connectivity index (χ3n) is 4.71. The molecule has 1 aromatic carbocycles. The lowest BCUT2D eigenvalue weighted by Gasteiger charge is -2.31. The Balaban J connectivity index is 3.57. The van der Waals surface area contributed by atoms with E-state index < -0.39 is 5.91 Å². The molecule has 122 valence electrons. The van der Waals surface area contributed by atoms with Crippen molar-refractivity contribution in [1.29, 1.82) is 0 Å². The van der Waals surface area contributed by atoms with E-state index in [9.17, 15) is 14.7 Å². The molecule has 0 fully saturated rings. The molecule has 0 heterocycles. The first-order chi connectivity index (χ1) is 10.1. The minimum absolute atomic E-state index is 0.232. The van der Waals surface area contributed by atoms with E-state index in [-0.39, 0.29) is 22.9 Å². The smallest absolute Gasteiger partial charge is 0.288 e. The number of hydrogen-bond donors (Lipinski definition) is 2. The Morgan fingerprint density at radius 1 is 1.09 bits per heavy atom. The number of amides is 1. The van der Waals surface area contributed by atoms with Crippen LogP contribution in [0, 0.1) is 0 Å². The van der Waals surface area contributed by atoms with Gasteiger partial charge in [-0.3, -0.25) is 9.59 Å². The van der Waals surface area contributed by atoms with Crippen molar-refractivity contribution in [1.82, 2.24) is 0 Å². The van der Waals surface area contributed by atoms with Gasteiger partial charge >= 0.3 is 0 Å². The zero-order valence-electron chi connectivity index (χ0n) is 14.4. The molecule has 1 rings (SSSR count). The third-order valence-corrected chi connectivity index (χ3v) is 4.71. The Morgan fingerprint density at radius 2 is 1.50 bits per heavy atom. The summed E-state index contributed by atoms with van der Waals surface area (Å²) in [6.07, 6.45) is 1.94. The standard InChI is InChI=1S/C18H27NO3/c1-7-17(3,4)13-9-12(19-15(21)11-20)10-14(16(13)22)18(5,6)8-2/h9-11,22H,7-8H2,1-6H3,(H,19,21). The van der Waals surface area contributed by atoms with Crippen LogP contribution in [0.15, 0.2) is 12.1 Å². The van der Waals surface area contributed by atoms with E-state index in [0.29, 0.717) is 5.69 Å². The summed E-state index contributed by atoms with van der Waals surface area (Å²) in [6, 6.07) is 3.52. The first-order valence-corrected chi connectivity index (χ1v) is 7.73. The summed E-state index contributed by atoms with van der Waals surface area (Å²) in [7, 11) is 0. The van der Waals surface area contributed by atoms with E-state index in [2.05, 4.69) is 46.9 Å². The average Bonchev–Trinajstić information content (AvgIpc) is 2.48. The summed E-state index contributed by atoms with van der Waals surface area (Å²) in [5.74, 6) is -0.408. The SMILES string of the molecule is CCC(C)(C)c1cc(NC(=O)C=O)cc(C(C)(C)CC)c1O. The molecule has 0 aromatic heterocycles. The van der Waals surface area contributed by atoms with Crippen LogP contribution in [-0.4, -0.2) is 17.3 Å². The number of nitrogens with one attached hydrogen (secondary N) is 1. The molecule has 0 bridgehead atoms. The third kappa shape index (κ3) is 3.67. The van der Waals surface area contributed by atoms with Crippen molar-refractivity contribution in [3.8, 4) is 5.75 Å². The van der Waals surface area contributed by atoms with Gasteiger partial charge in [-0.15, -0.1) is 0 Å². The van der Waals surface area contributed by atoms with Crippen molar-refractivity contribution in [2.24, 2.45) is 0 Å². The molecule has 0 aliphatic heterocycles. The van der Waals surface area contributed by atoms with E-state index in [1.165, 1.54) is 0 Å². The Bertz CT molecular complexity index is 537. The first-order valence-electron chi connectivity index (χ1n) is 7.73. The first kappa shape index (κ1) is 18.2. The zero-order chi connectivity index (χ0) is 17.1. The molecule has 4 heteroatoms. The number of hydrogen-bond acceptors (Lipinski definition) is 3. The van der Waals surface area contributed by atoms with E-state index in [1.807, 2.05) is 0 Å². The normalized spacial score (nSPS) is 12.1. The molecule has 0 aliphatic carbocycles. The highest BCUT2D eigenvalue weighted by molar-refractivity contribution is 6.29. The minimum atomic E-state index is -0.689. The molecule has 2 N–H and O–H groups in total. The molecule has 0 atom stereocenters. The van der Waals surface area contributed by atoms with Crippen LogP contribution in [0.25, 0.3) is 0 Å². The molecule has 22 heavy (non-hydrogen) atoms. The maximum absolute atomic E-state index is 11.4. The Morgan fingerprint density at radius 3 is 1.82 bits per heavy atom. The van der Waals surface area contributed by atoms with Gasteiger partial charge in [0.05, 0.1) is 0 Å². The molecule has 0 unspecified atom stereocenters. The van der Waals surface area contributed by atoms with Gasteiger partial charge in [-0.1, -0.05) is 41.5 Å². The summed E-state index contributed by atoms with van der Waals surface area (Å²) < 4.78 is 0. The second-order valence-corrected chi connectivity index (χ2v) is 7.00. The van der Waals surface area contributed by atoms with Crippen LogP contribution >= 0.6 is 0 Å². The highest BCUT2D eigenvalue weighted by Crippen LogP contribution is 2.43. The molecule has 1 aromatic rings. The number of carbonyl (C=O) groups excluding carboxylic acids is 2. The van der Waals surface area contributed by atoms with E-state index >= 15 is 0 Å². The lowest BCUT2D eigenvalue weighted by Crippen LogP contribution is -2.22. The average molecular weight is 305 g/mol. The van der Waals surface area contributed by atoms with E-state index in [4.69, 9.17) is 0 Å². The monoisotopic (exact) mass is 305 g/mol. The number of carbonyl (C=O) groups is 2. The highest BCUT2D eigenvalue weighted by atomic mass is 16.3. The fourth-order valence-corrected chi connectivity index (χ4v) is 2.29. The highest BCUT2D eigenvalue weighted by Gasteiger charge is 2.29. The van der Waals surface area contributed by atoms with Gasteiger partial charge in [0.1, 0.15) is 5.75 Å². The lowest BCUT2D eigenvalue weighted by molar-refractivity contribution is -0.127. The molecule has 0 aliphatic rings. The predicted octanol–water partition coefficient (Wildman–Crippen LogP) is 3.90. The van der Waals surface area contributed by atoms with Gasteiger partial charge in [0.2, 0.25) is 6.29 Å². The largest absolute Gasteiger partial charge is 0.507 e. The molecular formula is C18H27NO3. The molecule has 0 radical (unpaired) electrons. The van der Waals surface area contributed by atoms with Gasteiger partial charge < -0.3 is 10.4 Å². The van der Waals surface area contributed by atoms with Crippen LogP contribution in [0.5, 0.6) is 5.75 Å². The quantitative estimate of drug-likeness (QED) is 0.476. The maximum Gasteiger partial charge on any atom is 0.288 e. The molecule has 1 amide bonds. The second kappa shape index (κ2) is 6.51. The fourth-order valence-electron chi connectivity index (χ4n) is 2.29. The zero-order valence-corrected chi connectivity index (χ0v) is 14.4. The predicted molar refractivity (Wildman–Crippen MR) is 89.4 cm³/mol. The Hall–Kier alpha value is -1.84. The molecule has 0 spiro atoms. The Labute approximate surface area is 132 Å². The topological polar surface area (TPSA) is 66.4 Å². The summed E-state index contributed by atoms with van der Waals surface area (Å²) >= 11 is 0. The molecule has 0 saturated carbocycles. The molecule has 4 nitrogen and oxygen atoms in total. The van der Waals surface area contributed by atoms with Gasteiger partial charge in [-0.2, -0.15) is 0 Å². The van der Waals surface area contributed by atoms with Crippen molar-refractivity contribution >= 4 is 17.9 Å². The van der Waals surface area contributed by atoms with Crippen LogP contribution in [0.1, 0.15) is 65.5 Å². The number of rotatable bonds is 6. The van der Waals surface area contributed by atoms with Crippen LogP contribution < -0.4 is 5.32 Å². The van der Waals surface area contributed by atoms with Crippen LogP contribution in [0.3, 0.4) is 0 Å². The summed E-state index contributed by atoms with van der Waals surface area (Å²) in [5, 5.41) is 13.3. The van der Waals surface area contributed by atoms with Gasteiger partial charge in [0, 0.05) is 16.8 Å². The van der Waals surface area contributed by atoms with Crippen molar-refractivity contribution in [3.63, 3.8) is 0 Å². The number of phenols is 1. The van der Waals surface area contributed by atoms with Gasteiger partial charge in [0.25, 0.3) is 5.91 Å². The summed E-state index contributed by atoms with van der Waals surface area (Å²) in [4.78, 5) is 22.0. The van der Waals surface area contributed by atoms with Gasteiger partial charge in [-0.25, -0.2) is 0 Å². The second-order valence-electron chi connectivity index (χ2n) is 7.00. The number of aldehydes is 1. The number of benzene rings is 1. The summed E-state index contributed by atoms with van der Waals surface area (Å²) in [5.41, 5.74) is 1.66. The van der Waals surface area contributed by atoms with Crippen LogP contribution in [-0.2, 0) is 20.4 Å². The van der Waals surface area contributed by atoms with E-state index in [0.717, 1.165) is 24.0 Å². The lowest BCUT2D eigenvalue weighted by atomic mass is 9.75. The molecular weight excluding hydrogens is 278 g/mol. The minimum Gasteiger partial charge on any atom is -0.507 e.